The molecule has 84 valence electrons. The molecule has 2 aromatic heterocycles. The first-order chi connectivity index (χ1) is 8.34. The van der Waals surface area contributed by atoms with Gasteiger partial charge in [-0.2, -0.15) is 0 Å². The Morgan fingerprint density at radius 2 is 1.82 bits per heavy atom. The Labute approximate surface area is 105 Å². The van der Waals surface area contributed by atoms with Crippen LogP contribution in [0.3, 0.4) is 0 Å². The minimum atomic E-state index is 0.329. The molecule has 0 amide bonds. The third-order valence-electron chi connectivity index (χ3n) is 2.93. The van der Waals surface area contributed by atoms with Crippen LogP contribution in [0.25, 0.3) is 10.1 Å². The summed E-state index contributed by atoms with van der Waals surface area (Å²) in [5.74, 6) is 0.329. The maximum Gasteiger partial charge on any atom is 0.0532 e. The van der Waals surface area contributed by atoms with Crippen LogP contribution >= 0.6 is 11.3 Å². The van der Waals surface area contributed by atoms with E-state index in [0.29, 0.717) is 5.92 Å². The Balaban J connectivity index is 2.16. The van der Waals surface area contributed by atoms with E-state index in [4.69, 9.17) is 0 Å². The van der Waals surface area contributed by atoms with Crippen LogP contribution in [-0.2, 0) is 0 Å². The number of rotatable bonds is 1. The van der Waals surface area contributed by atoms with E-state index in [-0.39, 0.29) is 0 Å². The molecule has 0 saturated heterocycles. The SMILES string of the molecule is Cc1cc2c(C3C=CC=CC=C3)cncc2s1. The van der Waals surface area contributed by atoms with E-state index in [1.54, 1.807) is 0 Å². The van der Waals surface area contributed by atoms with E-state index in [1.807, 2.05) is 23.7 Å². The molecular weight excluding hydrogens is 226 g/mol. The predicted octanol–water partition coefficient (Wildman–Crippen LogP) is 4.37. The van der Waals surface area contributed by atoms with Crippen LogP contribution in [0, 0.1) is 6.92 Å². The Morgan fingerprint density at radius 1 is 1.06 bits per heavy atom. The zero-order valence-corrected chi connectivity index (χ0v) is 10.4. The zero-order valence-electron chi connectivity index (χ0n) is 9.63. The highest BCUT2D eigenvalue weighted by atomic mass is 32.1. The summed E-state index contributed by atoms with van der Waals surface area (Å²) in [6.45, 7) is 2.15. The molecule has 1 aliphatic carbocycles. The van der Waals surface area contributed by atoms with Crippen molar-refractivity contribution in [3.05, 3.63) is 65.4 Å². The molecular formula is C15H13NS. The summed E-state index contributed by atoms with van der Waals surface area (Å²) >= 11 is 1.81. The lowest BCUT2D eigenvalue weighted by Gasteiger charge is -2.08. The van der Waals surface area contributed by atoms with Gasteiger partial charge in [-0.05, 0) is 23.9 Å². The van der Waals surface area contributed by atoms with Crippen molar-refractivity contribution in [1.82, 2.24) is 4.98 Å². The molecule has 0 radical (unpaired) electrons. The van der Waals surface area contributed by atoms with Gasteiger partial charge in [-0.1, -0.05) is 36.5 Å². The van der Waals surface area contributed by atoms with Gasteiger partial charge >= 0.3 is 0 Å². The second-order valence-corrected chi connectivity index (χ2v) is 5.47. The van der Waals surface area contributed by atoms with Crippen LogP contribution in [0.4, 0.5) is 0 Å². The average molecular weight is 239 g/mol. The molecule has 0 bridgehead atoms. The lowest BCUT2D eigenvalue weighted by Crippen LogP contribution is -1.92. The molecule has 0 unspecified atom stereocenters. The first-order valence-corrected chi connectivity index (χ1v) is 6.52. The smallest absolute Gasteiger partial charge is 0.0532 e. The zero-order chi connectivity index (χ0) is 11.7. The summed E-state index contributed by atoms with van der Waals surface area (Å²) in [5, 5.41) is 1.34. The fraction of sp³-hybridized carbons (Fsp3) is 0.133. The van der Waals surface area contributed by atoms with Crippen molar-refractivity contribution in [2.45, 2.75) is 12.8 Å². The molecule has 0 spiro atoms. The first-order valence-electron chi connectivity index (χ1n) is 5.70. The summed E-state index contributed by atoms with van der Waals surface area (Å²) in [5.41, 5.74) is 1.29. The summed E-state index contributed by atoms with van der Waals surface area (Å²) in [6, 6.07) is 2.26. The summed E-state index contributed by atoms with van der Waals surface area (Å²) in [6.07, 6.45) is 16.7. The monoisotopic (exact) mass is 239 g/mol. The third-order valence-corrected chi connectivity index (χ3v) is 3.91. The Hall–Kier alpha value is -1.67. The number of thiophene rings is 1. The van der Waals surface area contributed by atoms with Crippen LogP contribution in [0.15, 0.2) is 54.9 Å². The van der Waals surface area contributed by atoms with Gasteiger partial charge in [-0.3, -0.25) is 4.98 Å². The van der Waals surface area contributed by atoms with E-state index >= 15 is 0 Å². The van der Waals surface area contributed by atoms with Crippen LogP contribution in [0.2, 0.25) is 0 Å². The van der Waals surface area contributed by atoms with Crippen molar-refractivity contribution in [3.8, 4) is 0 Å². The number of allylic oxidation sites excluding steroid dienone is 6. The minimum absolute atomic E-state index is 0.329. The van der Waals surface area contributed by atoms with Gasteiger partial charge in [-0.15, -0.1) is 11.3 Å². The number of nitrogens with zero attached hydrogens (tertiary/aromatic N) is 1. The number of fused-ring (bicyclic) bond motifs is 1. The maximum absolute atomic E-state index is 4.35. The summed E-state index contributed by atoms with van der Waals surface area (Å²) in [4.78, 5) is 5.70. The van der Waals surface area contributed by atoms with Gasteiger partial charge in [0, 0.05) is 23.2 Å². The van der Waals surface area contributed by atoms with Crippen LogP contribution in [0.1, 0.15) is 16.4 Å². The van der Waals surface area contributed by atoms with Crippen molar-refractivity contribution < 1.29 is 0 Å². The third kappa shape index (κ3) is 1.96. The molecule has 2 aromatic rings. The van der Waals surface area contributed by atoms with Crippen LogP contribution in [-0.4, -0.2) is 4.98 Å². The van der Waals surface area contributed by atoms with Gasteiger partial charge in [0.15, 0.2) is 0 Å². The fourth-order valence-electron chi connectivity index (χ4n) is 2.14. The molecule has 2 heteroatoms. The second-order valence-electron chi connectivity index (χ2n) is 4.18. The highest BCUT2D eigenvalue weighted by molar-refractivity contribution is 7.19. The van der Waals surface area contributed by atoms with E-state index in [1.165, 1.54) is 20.5 Å². The second kappa shape index (κ2) is 4.30. The highest BCUT2D eigenvalue weighted by Gasteiger charge is 2.11. The highest BCUT2D eigenvalue weighted by Crippen LogP contribution is 2.32. The fourth-order valence-corrected chi connectivity index (χ4v) is 3.07. The van der Waals surface area contributed by atoms with Crippen molar-refractivity contribution in [1.29, 1.82) is 0 Å². The molecule has 0 aromatic carbocycles. The molecule has 17 heavy (non-hydrogen) atoms. The van der Waals surface area contributed by atoms with Crippen molar-refractivity contribution in [2.75, 3.05) is 0 Å². The molecule has 1 nitrogen and oxygen atoms in total. The number of hydrogen-bond acceptors (Lipinski definition) is 2. The first kappa shape index (κ1) is 10.5. The Kier molecular flexibility index (Phi) is 2.65. The number of aromatic nitrogens is 1. The lowest BCUT2D eigenvalue weighted by atomic mass is 9.97. The van der Waals surface area contributed by atoms with Gasteiger partial charge in [0.2, 0.25) is 0 Å². The molecule has 0 aliphatic heterocycles. The topological polar surface area (TPSA) is 12.9 Å². The van der Waals surface area contributed by atoms with E-state index in [2.05, 4.69) is 54.4 Å². The standard InChI is InChI=1S/C15H13NS/c1-11-8-13-14(9-16-10-15(13)17-11)12-6-4-2-3-5-7-12/h2-10,12H,1H3. The Bertz CT molecular complexity index is 615. The molecule has 0 N–H and O–H groups in total. The predicted molar refractivity (Wildman–Crippen MR) is 74.5 cm³/mol. The van der Waals surface area contributed by atoms with E-state index in [9.17, 15) is 0 Å². The number of aryl methyl sites for hydroxylation is 1. The molecule has 0 atom stereocenters. The molecule has 2 heterocycles. The van der Waals surface area contributed by atoms with Crippen molar-refractivity contribution >= 4 is 21.4 Å². The quantitative estimate of drug-likeness (QED) is 0.720. The van der Waals surface area contributed by atoms with Gasteiger partial charge in [0.05, 0.1) is 4.70 Å². The normalized spacial score (nSPS) is 15.6. The maximum atomic E-state index is 4.35. The lowest BCUT2D eigenvalue weighted by molar-refractivity contribution is 1.08. The average Bonchev–Trinajstić information content (AvgIpc) is 2.55. The molecule has 0 fully saturated rings. The molecule has 1 aliphatic rings. The minimum Gasteiger partial charge on any atom is -0.263 e. The molecule has 0 saturated carbocycles. The number of pyridine rings is 1. The van der Waals surface area contributed by atoms with Gasteiger partial charge < -0.3 is 0 Å². The Morgan fingerprint density at radius 3 is 2.59 bits per heavy atom. The molecule has 3 rings (SSSR count). The van der Waals surface area contributed by atoms with Gasteiger partial charge in [0.1, 0.15) is 0 Å². The number of hydrogen-bond donors (Lipinski definition) is 0. The van der Waals surface area contributed by atoms with E-state index in [0.717, 1.165) is 0 Å². The largest absolute Gasteiger partial charge is 0.263 e. The van der Waals surface area contributed by atoms with Crippen LogP contribution < -0.4 is 0 Å². The van der Waals surface area contributed by atoms with Crippen molar-refractivity contribution in [2.24, 2.45) is 0 Å². The summed E-state index contributed by atoms with van der Waals surface area (Å²) < 4.78 is 1.28. The van der Waals surface area contributed by atoms with Gasteiger partial charge in [-0.25, -0.2) is 0 Å². The van der Waals surface area contributed by atoms with Crippen LogP contribution in [0.5, 0.6) is 0 Å². The van der Waals surface area contributed by atoms with Crippen molar-refractivity contribution in [3.63, 3.8) is 0 Å². The van der Waals surface area contributed by atoms with Gasteiger partial charge in [0.25, 0.3) is 0 Å². The summed E-state index contributed by atoms with van der Waals surface area (Å²) in [7, 11) is 0. The van der Waals surface area contributed by atoms with E-state index < -0.39 is 0 Å².